The second-order valence-electron chi connectivity index (χ2n) is 4.37. The van der Waals surface area contributed by atoms with Crippen molar-refractivity contribution in [3.63, 3.8) is 0 Å². The van der Waals surface area contributed by atoms with Crippen molar-refractivity contribution in [3.8, 4) is 11.4 Å². The molecule has 0 atom stereocenters. The van der Waals surface area contributed by atoms with Crippen LogP contribution in [-0.4, -0.2) is 16.7 Å². The molecule has 0 saturated carbocycles. The van der Waals surface area contributed by atoms with Crippen molar-refractivity contribution in [2.75, 3.05) is 7.11 Å². The number of hydrogen-bond donors (Lipinski definition) is 1. The maximum atomic E-state index is 5.48. The molecule has 0 spiro atoms. The first-order valence-electron chi connectivity index (χ1n) is 5.95. The first-order valence-corrected chi connectivity index (χ1v) is 9.02. The van der Waals surface area contributed by atoms with Crippen LogP contribution in [0.2, 0.25) is 0 Å². The van der Waals surface area contributed by atoms with Gasteiger partial charge in [0.25, 0.3) is 0 Å². The van der Waals surface area contributed by atoms with Crippen molar-refractivity contribution in [2.24, 2.45) is 0 Å². The minimum Gasteiger partial charge on any atom is -0.495 e. The lowest BCUT2D eigenvalue weighted by molar-refractivity contribution is 0.412. The van der Waals surface area contributed by atoms with Crippen LogP contribution in [0.5, 0.6) is 5.75 Å². The predicted molar refractivity (Wildman–Crippen MR) is 103 cm³/mol. The number of halogens is 3. The molecule has 3 aromatic rings. The molecule has 0 aliphatic carbocycles. The number of rotatable bonds is 2. The van der Waals surface area contributed by atoms with Gasteiger partial charge in [0.15, 0.2) is 4.77 Å². The van der Waals surface area contributed by atoms with E-state index in [1.54, 1.807) is 7.11 Å². The van der Waals surface area contributed by atoms with E-state index in [1.807, 2.05) is 16.7 Å². The molecule has 1 aromatic heterocycles. The van der Waals surface area contributed by atoms with Crippen molar-refractivity contribution in [2.45, 2.75) is 0 Å². The molecule has 7 heteroatoms. The number of H-pyrrole nitrogens is 1. The molecule has 0 aliphatic rings. The molecular formula is C14H9Br2IN2OS. The van der Waals surface area contributed by atoms with E-state index < -0.39 is 0 Å². The number of aromatic amines is 1. The van der Waals surface area contributed by atoms with Crippen LogP contribution in [0.4, 0.5) is 0 Å². The average molecular weight is 540 g/mol. The zero-order valence-electron chi connectivity index (χ0n) is 10.8. The fraction of sp³-hybridized carbons (Fsp3) is 0.0714. The molecule has 1 N–H and O–H groups in total. The van der Waals surface area contributed by atoms with Crippen molar-refractivity contribution in [1.29, 1.82) is 0 Å². The number of ether oxygens (including phenoxy) is 1. The molecule has 0 amide bonds. The van der Waals surface area contributed by atoms with E-state index >= 15 is 0 Å². The van der Waals surface area contributed by atoms with Crippen LogP contribution in [0.15, 0.2) is 39.3 Å². The third-order valence-electron chi connectivity index (χ3n) is 3.11. The highest BCUT2D eigenvalue weighted by Crippen LogP contribution is 2.35. The zero-order valence-corrected chi connectivity index (χ0v) is 16.9. The van der Waals surface area contributed by atoms with Gasteiger partial charge in [0, 0.05) is 14.1 Å². The van der Waals surface area contributed by atoms with E-state index in [-0.39, 0.29) is 0 Å². The number of methoxy groups -OCH3 is 1. The average Bonchev–Trinajstić information content (AvgIpc) is 2.74. The third-order valence-corrected chi connectivity index (χ3v) is 5.32. The van der Waals surface area contributed by atoms with E-state index in [2.05, 4.69) is 77.6 Å². The number of benzene rings is 2. The summed E-state index contributed by atoms with van der Waals surface area (Å²) in [5.41, 5.74) is 2.98. The molecule has 108 valence electrons. The highest BCUT2D eigenvalue weighted by molar-refractivity contribution is 14.1. The Morgan fingerprint density at radius 2 is 1.95 bits per heavy atom. The standard InChI is InChI=1S/C14H9Br2IN2OS/c1-20-13-6-12(8(15)5-9(13)16)19-11-3-2-7(17)4-10(11)18-14(19)21/h2-6H,1H3,(H,18,21). The monoisotopic (exact) mass is 538 g/mol. The van der Waals surface area contributed by atoms with Crippen molar-refractivity contribution >= 4 is 77.7 Å². The molecule has 1 heterocycles. The lowest BCUT2D eigenvalue weighted by Gasteiger charge is -2.11. The summed E-state index contributed by atoms with van der Waals surface area (Å²) in [5, 5.41) is 0. The topological polar surface area (TPSA) is 29.9 Å². The van der Waals surface area contributed by atoms with Gasteiger partial charge >= 0.3 is 0 Å². The number of imidazole rings is 1. The molecule has 0 bridgehead atoms. The Bertz CT molecular complexity index is 904. The van der Waals surface area contributed by atoms with Gasteiger partial charge in [-0.05, 0) is 90.9 Å². The van der Waals surface area contributed by atoms with Crippen molar-refractivity contribution in [1.82, 2.24) is 9.55 Å². The summed E-state index contributed by atoms with van der Waals surface area (Å²) in [4.78, 5) is 3.25. The molecule has 0 unspecified atom stereocenters. The molecule has 3 rings (SSSR count). The van der Waals surface area contributed by atoms with Gasteiger partial charge < -0.3 is 9.72 Å². The summed E-state index contributed by atoms with van der Waals surface area (Å²) in [6.45, 7) is 0. The van der Waals surface area contributed by atoms with E-state index in [1.165, 1.54) is 0 Å². The van der Waals surface area contributed by atoms with Gasteiger partial charge in [0.1, 0.15) is 5.75 Å². The molecule has 3 nitrogen and oxygen atoms in total. The maximum absolute atomic E-state index is 5.48. The zero-order chi connectivity index (χ0) is 15.1. The van der Waals surface area contributed by atoms with Crippen LogP contribution in [0.1, 0.15) is 0 Å². The van der Waals surface area contributed by atoms with E-state index in [0.717, 1.165) is 35.0 Å². The maximum Gasteiger partial charge on any atom is 0.182 e. The number of aromatic nitrogens is 2. The molecule has 0 saturated heterocycles. The van der Waals surface area contributed by atoms with E-state index in [9.17, 15) is 0 Å². The Labute approximate surface area is 157 Å². The summed E-state index contributed by atoms with van der Waals surface area (Å²) < 4.78 is 11.0. The number of fused-ring (bicyclic) bond motifs is 1. The Balaban J connectivity index is 2.35. The van der Waals surface area contributed by atoms with Crippen LogP contribution in [0.3, 0.4) is 0 Å². The minimum absolute atomic E-state index is 0.650. The third kappa shape index (κ3) is 2.80. The smallest absolute Gasteiger partial charge is 0.182 e. The Hall–Kier alpha value is -0.380. The molecule has 21 heavy (non-hydrogen) atoms. The van der Waals surface area contributed by atoms with Gasteiger partial charge in [0.2, 0.25) is 0 Å². The molecule has 0 radical (unpaired) electrons. The van der Waals surface area contributed by atoms with Crippen molar-refractivity contribution < 1.29 is 4.74 Å². The van der Waals surface area contributed by atoms with Crippen LogP contribution in [-0.2, 0) is 0 Å². The van der Waals surface area contributed by atoms with Gasteiger partial charge in [-0.15, -0.1) is 0 Å². The Kier molecular flexibility index (Phi) is 4.45. The highest BCUT2D eigenvalue weighted by Gasteiger charge is 2.13. The van der Waals surface area contributed by atoms with Gasteiger partial charge in [-0.3, -0.25) is 4.57 Å². The van der Waals surface area contributed by atoms with Gasteiger partial charge in [-0.1, -0.05) is 0 Å². The number of nitrogens with one attached hydrogen (secondary N) is 1. The fourth-order valence-electron chi connectivity index (χ4n) is 2.17. The van der Waals surface area contributed by atoms with Crippen LogP contribution < -0.4 is 4.74 Å². The number of nitrogens with zero attached hydrogens (tertiary/aromatic N) is 1. The Morgan fingerprint density at radius 3 is 2.67 bits per heavy atom. The summed E-state index contributed by atoms with van der Waals surface area (Å²) in [7, 11) is 1.65. The second-order valence-corrected chi connectivity index (χ2v) is 7.71. The first kappa shape index (κ1) is 15.5. The summed E-state index contributed by atoms with van der Waals surface area (Å²) >= 11 is 14.9. The Morgan fingerprint density at radius 1 is 1.19 bits per heavy atom. The SMILES string of the molecule is COc1cc(-n2c(=S)[nH]c3cc(I)ccc32)c(Br)cc1Br. The lowest BCUT2D eigenvalue weighted by Crippen LogP contribution is -1.97. The summed E-state index contributed by atoms with van der Waals surface area (Å²) in [5.74, 6) is 0.759. The molecule has 0 fully saturated rings. The molecule has 2 aromatic carbocycles. The van der Waals surface area contributed by atoms with Crippen molar-refractivity contribution in [3.05, 3.63) is 47.6 Å². The fourth-order valence-corrected chi connectivity index (χ4v) is 4.30. The van der Waals surface area contributed by atoms with E-state index in [0.29, 0.717) is 4.77 Å². The van der Waals surface area contributed by atoms with Crippen LogP contribution >= 0.6 is 66.7 Å². The predicted octanol–water partition coefficient (Wildman–Crippen LogP) is 5.83. The van der Waals surface area contributed by atoms with Crippen LogP contribution in [0.25, 0.3) is 16.7 Å². The summed E-state index contributed by atoms with van der Waals surface area (Å²) in [6, 6.07) is 10.1. The van der Waals surface area contributed by atoms with Gasteiger partial charge in [-0.2, -0.15) is 0 Å². The van der Waals surface area contributed by atoms with Gasteiger partial charge in [-0.25, -0.2) is 0 Å². The molecule has 0 aliphatic heterocycles. The van der Waals surface area contributed by atoms with E-state index in [4.69, 9.17) is 17.0 Å². The molecular weight excluding hydrogens is 531 g/mol. The largest absolute Gasteiger partial charge is 0.495 e. The minimum atomic E-state index is 0.650. The summed E-state index contributed by atoms with van der Waals surface area (Å²) in [6.07, 6.45) is 0. The van der Waals surface area contributed by atoms with Gasteiger partial charge in [0.05, 0.1) is 28.3 Å². The van der Waals surface area contributed by atoms with Crippen LogP contribution in [0, 0.1) is 8.34 Å². The normalized spacial score (nSPS) is 11.0. The highest BCUT2D eigenvalue weighted by atomic mass is 127. The second kappa shape index (κ2) is 6.02. The number of hydrogen-bond acceptors (Lipinski definition) is 2. The first-order chi connectivity index (χ1) is 10.0. The quantitative estimate of drug-likeness (QED) is 0.328. The lowest BCUT2D eigenvalue weighted by atomic mass is 10.2.